The summed E-state index contributed by atoms with van der Waals surface area (Å²) in [5, 5.41) is 3.01. The number of hydrogen-bond acceptors (Lipinski definition) is 4. The van der Waals surface area contributed by atoms with Crippen LogP contribution in [-0.4, -0.2) is 23.8 Å². The molecule has 6 heteroatoms. The first-order chi connectivity index (χ1) is 14.6. The zero-order valence-electron chi connectivity index (χ0n) is 16.3. The number of carbonyl (C=O) groups excluding carboxylic acids is 2. The van der Waals surface area contributed by atoms with Crippen molar-refractivity contribution in [3.05, 3.63) is 102 Å². The third-order valence-corrected chi connectivity index (χ3v) is 4.84. The molecule has 0 saturated carbocycles. The van der Waals surface area contributed by atoms with E-state index in [-0.39, 0.29) is 24.0 Å². The standard InChI is InChI=1S/C24H19FN2O3/c1-30-20-13-7-16(8-14-20)15-27-23(28)21(17-5-3-2-4-6-17)22(24(27)29)26-19-11-9-18(25)10-12-19/h2-14,26H,15H2,1H3. The number of nitrogens with one attached hydrogen (secondary N) is 1. The van der Waals surface area contributed by atoms with Gasteiger partial charge in [0.05, 0.1) is 19.2 Å². The lowest BCUT2D eigenvalue weighted by molar-refractivity contribution is -0.137. The number of amides is 2. The monoisotopic (exact) mass is 402 g/mol. The highest BCUT2D eigenvalue weighted by atomic mass is 19.1. The van der Waals surface area contributed by atoms with Crippen molar-refractivity contribution in [3.8, 4) is 5.75 Å². The normalized spacial score (nSPS) is 13.7. The first-order valence-corrected chi connectivity index (χ1v) is 9.38. The Morgan fingerprint density at radius 3 is 2.17 bits per heavy atom. The van der Waals surface area contributed by atoms with Crippen LogP contribution in [0.4, 0.5) is 10.1 Å². The van der Waals surface area contributed by atoms with Crippen molar-refractivity contribution in [2.24, 2.45) is 0 Å². The lowest BCUT2D eigenvalue weighted by atomic mass is 10.0. The molecular weight excluding hydrogens is 383 g/mol. The van der Waals surface area contributed by atoms with Crippen LogP contribution in [0.25, 0.3) is 5.57 Å². The minimum atomic E-state index is -0.431. The predicted octanol–water partition coefficient (Wildman–Crippen LogP) is 4.23. The minimum Gasteiger partial charge on any atom is -0.497 e. The second-order valence-corrected chi connectivity index (χ2v) is 6.79. The molecule has 2 amide bonds. The van der Waals surface area contributed by atoms with Gasteiger partial charge >= 0.3 is 0 Å². The Kier molecular flexibility index (Phi) is 5.30. The van der Waals surface area contributed by atoms with Crippen LogP contribution in [0.2, 0.25) is 0 Å². The summed E-state index contributed by atoms with van der Waals surface area (Å²) < 4.78 is 18.4. The van der Waals surface area contributed by atoms with Crippen LogP contribution >= 0.6 is 0 Å². The van der Waals surface area contributed by atoms with Crippen molar-refractivity contribution in [2.45, 2.75) is 6.54 Å². The number of nitrogens with zero attached hydrogens (tertiary/aromatic N) is 1. The Hall–Kier alpha value is -3.93. The summed E-state index contributed by atoms with van der Waals surface area (Å²) in [6.45, 7) is 0.132. The largest absolute Gasteiger partial charge is 0.497 e. The molecule has 1 heterocycles. The van der Waals surface area contributed by atoms with Crippen molar-refractivity contribution in [1.82, 2.24) is 4.90 Å². The van der Waals surface area contributed by atoms with Crippen LogP contribution in [0.15, 0.2) is 84.6 Å². The first kappa shape index (κ1) is 19.4. The fraction of sp³-hybridized carbons (Fsp3) is 0.0833. The van der Waals surface area contributed by atoms with Gasteiger partial charge in [-0.1, -0.05) is 42.5 Å². The topological polar surface area (TPSA) is 58.6 Å². The number of methoxy groups -OCH3 is 1. The lowest BCUT2D eigenvalue weighted by Crippen LogP contribution is -2.32. The van der Waals surface area contributed by atoms with Crippen molar-refractivity contribution in [3.63, 3.8) is 0 Å². The highest BCUT2D eigenvalue weighted by molar-refractivity contribution is 6.36. The van der Waals surface area contributed by atoms with E-state index >= 15 is 0 Å². The van der Waals surface area contributed by atoms with E-state index in [1.165, 1.54) is 29.2 Å². The van der Waals surface area contributed by atoms with Crippen LogP contribution < -0.4 is 10.1 Å². The maximum atomic E-state index is 13.3. The molecule has 4 rings (SSSR count). The van der Waals surface area contributed by atoms with Gasteiger partial charge in [-0.05, 0) is 47.5 Å². The fourth-order valence-electron chi connectivity index (χ4n) is 3.30. The number of halogens is 1. The third kappa shape index (κ3) is 3.80. The van der Waals surface area contributed by atoms with E-state index in [9.17, 15) is 14.0 Å². The molecule has 3 aromatic rings. The number of carbonyl (C=O) groups is 2. The molecule has 5 nitrogen and oxygen atoms in total. The second-order valence-electron chi connectivity index (χ2n) is 6.79. The molecule has 1 N–H and O–H groups in total. The van der Waals surface area contributed by atoms with Crippen molar-refractivity contribution < 1.29 is 18.7 Å². The smallest absolute Gasteiger partial charge is 0.278 e. The van der Waals surface area contributed by atoms with Gasteiger partial charge < -0.3 is 10.1 Å². The van der Waals surface area contributed by atoms with Gasteiger partial charge in [0.25, 0.3) is 11.8 Å². The summed E-state index contributed by atoms with van der Waals surface area (Å²) in [6.07, 6.45) is 0. The van der Waals surface area contributed by atoms with Gasteiger partial charge in [0.15, 0.2) is 0 Å². The van der Waals surface area contributed by atoms with Crippen LogP contribution in [0.1, 0.15) is 11.1 Å². The van der Waals surface area contributed by atoms with Gasteiger partial charge in [0.1, 0.15) is 17.3 Å². The summed E-state index contributed by atoms with van der Waals surface area (Å²) in [4.78, 5) is 27.6. The Bertz CT molecular complexity index is 1110. The summed E-state index contributed by atoms with van der Waals surface area (Å²) in [7, 11) is 1.58. The van der Waals surface area contributed by atoms with E-state index in [1.807, 2.05) is 30.3 Å². The van der Waals surface area contributed by atoms with Gasteiger partial charge in [0.2, 0.25) is 0 Å². The molecule has 0 saturated heterocycles. The predicted molar refractivity (Wildman–Crippen MR) is 112 cm³/mol. The highest BCUT2D eigenvalue weighted by Gasteiger charge is 2.39. The zero-order valence-corrected chi connectivity index (χ0v) is 16.3. The minimum absolute atomic E-state index is 0.132. The zero-order chi connectivity index (χ0) is 21.1. The number of ether oxygens (including phenoxy) is 1. The average Bonchev–Trinajstić information content (AvgIpc) is 3.00. The van der Waals surface area contributed by atoms with Gasteiger partial charge in [-0.25, -0.2) is 4.39 Å². The molecule has 0 bridgehead atoms. The fourth-order valence-corrected chi connectivity index (χ4v) is 3.30. The summed E-state index contributed by atoms with van der Waals surface area (Å²) >= 11 is 0. The third-order valence-electron chi connectivity index (χ3n) is 4.84. The Balaban J connectivity index is 1.68. The molecule has 0 unspecified atom stereocenters. The molecule has 0 spiro atoms. The molecule has 0 radical (unpaired) electrons. The van der Waals surface area contributed by atoms with Gasteiger partial charge in [-0.3, -0.25) is 14.5 Å². The summed E-state index contributed by atoms with van der Waals surface area (Å²) in [6, 6.07) is 21.8. The lowest BCUT2D eigenvalue weighted by Gasteiger charge is -2.15. The van der Waals surface area contributed by atoms with Gasteiger partial charge in [-0.2, -0.15) is 0 Å². The maximum Gasteiger partial charge on any atom is 0.278 e. The number of anilines is 1. The van der Waals surface area contributed by atoms with Crippen molar-refractivity contribution in [1.29, 1.82) is 0 Å². The average molecular weight is 402 g/mol. The number of benzene rings is 3. The molecule has 3 aromatic carbocycles. The van der Waals surface area contributed by atoms with Crippen LogP contribution in [0, 0.1) is 5.82 Å². The Labute approximate surface area is 173 Å². The quantitative estimate of drug-likeness (QED) is 0.627. The molecule has 0 fully saturated rings. The molecule has 0 aromatic heterocycles. The van der Waals surface area contributed by atoms with E-state index in [0.29, 0.717) is 22.6 Å². The summed E-state index contributed by atoms with van der Waals surface area (Å²) in [5.41, 5.74) is 2.42. The van der Waals surface area contributed by atoms with Crippen molar-refractivity contribution in [2.75, 3.05) is 12.4 Å². The molecule has 1 aliphatic heterocycles. The molecule has 0 aliphatic carbocycles. The van der Waals surface area contributed by atoms with Crippen molar-refractivity contribution >= 4 is 23.1 Å². The molecule has 0 atom stereocenters. The first-order valence-electron chi connectivity index (χ1n) is 9.38. The van der Waals surface area contributed by atoms with Crippen LogP contribution in [-0.2, 0) is 16.1 Å². The summed E-state index contributed by atoms with van der Waals surface area (Å²) in [5.74, 6) is -0.502. The molecule has 1 aliphatic rings. The van der Waals surface area contributed by atoms with E-state index in [1.54, 1.807) is 31.4 Å². The van der Waals surface area contributed by atoms with E-state index in [4.69, 9.17) is 4.74 Å². The number of hydrogen-bond donors (Lipinski definition) is 1. The van der Waals surface area contributed by atoms with E-state index in [2.05, 4.69) is 5.32 Å². The molecule has 150 valence electrons. The maximum absolute atomic E-state index is 13.3. The van der Waals surface area contributed by atoms with E-state index < -0.39 is 5.91 Å². The van der Waals surface area contributed by atoms with E-state index in [0.717, 1.165) is 5.56 Å². The Morgan fingerprint density at radius 1 is 0.867 bits per heavy atom. The SMILES string of the molecule is COc1ccc(CN2C(=O)C(Nc3ccc(F)cc3)=C(c3ccccc3)C2=O)cc1. The van der Waals surface area contributed by atoms with Gasteiger partial charge in [-0.15, -0.1) is 0 Å². The van der Waals surface area contributed by atoms with Crippen LogP contribution in [0.5, 0.6) is 5.75 Å². The molecular formula is C24H19FN2O3. The molecule has 30 heavy (non-hydrogen) atoms. The Morgan fingerprint density at radius 2 is 1.53 bits per heavy atom. The van der Waals surface area contributed by atoms with Gasteiger partial charge in [0, 0.05) is 5.69 Å². The number of rotatable bonds is 6. The van der Waals surface area contributed by atoms with Crippen LogP contribution in [0.3, 0.4) is 0 Å². The number of imide groups is 1. The second kappa shape index (κ2) is 8.21. The highest BCUT2D eigenvalue weighted by Crippen LogP contribution is 2.31.